The number of hydrogen-bond donors (Lipinski definition) is 2. The summed E-state index contributed by atoms with van der Waals surface area (Å²) in [5, 5.41) is 10.4. The molecule has 1 saturated heterocycles. The van der Waals surface area contributed by atoms with Crippen LogP contribution in [-0.2, 0) is 16.1 Å². The van der Waals surface area contributed by atoms with Gasteiger partial charge in [0.15, 0.2) is 5.82 Å². The van der Waals surface area contributed by atoms with Crippen molar-refractivity contribution < 1.29 is 9.53 Å². The van der Waals surface area contributed by atoms with Gasteiger partial charge in [0, 0.05) is 32.5 Å². The zero-order valence-electron chi connectivity index (χ0n) is 12.4. The number of amides is 1. The predicted octanol–water partition coefficient (Wildman–Crippen LogP) is 1.24. The third-order valence-electron chi connectivity index (χ3n) is 3.57. The Labute approximate surface area is 119 Å². The third-order valence-corrected chi connectivity index (χ3v) is 3.57. The number of anilines is 1. The largest absolute Gasteiger partial charge is 0.380 e. The molecule has 2 heterocycles. The van der Waals surface area contributed by atoms with Gasteiger partial charge in [0.25, 0.3) is 0 Å². The second-order valence-corrected chi connectivity index (χ2v) is 5.69. The molecule has 0 spiro atoms. The second-order valence-electron chi connectivity index (χ2n) is 5.69. The van der Waals surface area contributed by atoms with E-state index < -0.39 is 0 Å². The fraction of sp³-hybridized carbons (Fsp3) is 0.714. The van der Waals surface area contributed by atoms with Crippen LogP contribution in [0.5, 0.6) is 0 Å². The minimum atomic E-state index is -0.194. The molecule has 6 nitrogen and oxygen atoms in total. The van der Waals surface area contributed by atoms with E-state index in [9.17, 15) is 4.79 Å². The summed E-state index contributed by atoms with van der Waals surface area (Å²) in [4.78, 5) is 12.1. The molecule has 112 valence electrons. The summed E-state index contributed by atoms with van der Waals surface area (Å²) in [6, 6.07) is 1.64. The summed E-state index contributed by atoms with van der Waals surface area (Å²) in [7, 11) is 1.67. The van der Waals surface area contributed by atoms with Crippen molar-refractivity contribution in [3.63, 3.8) is 0 Å². The molecule has 1 fully saturated rings. The Hall–Kier alpha value is -1.40. The van der Waals surface area contributed by atoms with Crippen LogP contribution < -0.4 is 10.6 Å². The standard InChI is InChI=1S/C14H24N4O2/c1-10(2)4-6-18-7-5-13(17-18)16-14(19)12-8-11(20-3)9-15-12/h5,7,10-12,15H,4,6,8-9H2,1-3H3,(H,16,17,19)/t11-,12+/m0/s1. The molecule has 1 aromatic heterocycles. The number of carbonyl (C=O) groups excluding carboxylic acids is 1. The lowest BCUT2D eigenvalue weighted by Crippen LogP contribution is -2.35. The van der Waals surface area contributed by atoms with Crippen molar-refractivity contribution in [1.29, 1.82) is 0 Å². The van der Waals surface area contributed by atoms with Gasteiger partial charge in [-0.15, -0.1) is 0 Å². The lowest BCUT2D eigenvalue weighted by molar-refractivity contribution is -0.118. The third kappa shape index (κ3) is 4.05. The molecule has 0 radical (unpaired) electrons. The minimum Gasteiger partial charge on any atom is -0.380 e. The number of ether oxygens (including phenoxy) is 1. The van der Waals surface area contributed by atoms with Crippen molar-refractivity contribution in [2.75, 3.05) is 19.0 Å². The monoisotopic (exact) mass is 280 g/mol. The van der Waals surface area contributed by atoms with Crippen molar-refractivity contribution in [3.05, 3.63) is 12.3 Å². The first-order valence-corrected chi connectivity index (χ1v) is 7.19. The Morgan fingerprint density at radius 1 is 1.65 bits per heavy atom. The van der Waals surface area contributed by atoms with Crippen LogP contribution >= 0.6 is 0 Å². The van der Waals surface area contributed by atoms with Crippen molar-refractivity contribution in [3.8, 4) is 0 Å². The zero-order chi connectivity index (χ0) is 14.5. The summed E-state index contributed by atoms with van der Waals surface area (Å²) in [6.45, 7) is 5.97. The molecule has 1 amide bonds. The van der Waals surface area contributed by atoms with Gasteiger partial charge in [0.05, 0.1) is 12.1 Å². The topological polar surface area (TPSA) is 68.2 Å². The second kappa shape index (κ2) is 6.85. The van der Waals surface area contributed by atoms with Gasteiger partial charge < -0.3 is 15.4 Å². The van der Waals surface area contributed by atoms with E-state index in [-0.39, 0.29) is 18.1 Å². The molecule has 0 bridgehead atoms. The molecule has 0 aromatic carbocycles. The molecule has 20 heavy (non-hydrogen) atoms. The predicted molar refractivity (Wildman–Crippen MR) is 77.5 cm³/mol. The number of nitrogens with zero attached hydrogens (tertiary/aromatic N) is 2. The van der Waals surface area contributed by atoms with E-state index >= 15 is 0 Å². The summed E-state index contributed by atoms with van der Waals surface area (Å²) < 4.78 is 7.11. The normalized spacial score (nSPS) is 22.4. The Balaban J connectivity index is 1.82. The van der Waals surface area contributed by atoms with Gasteiger partial charge in [0.2, 0.25) is 5.91 Å². The van der Waals surface area contributed by atoms with Crippen LogP contribution in [-0.4, -0.2) is 41.5 Å². The number of nitrogens with one attached hydrogen (secondary N) is 2. The van der Waals surface area contributed by atoms with Crippen LogP contribution in [0.15, 0.2) is 12.3 Å². The first kappa shape index (κ1) is 15.0. The molecular formula is C14H24N4O2. The van der Waals surface area contributed by atoms with E-state index in [0.29, 0.717) is 18.2 Å². The van der Waals surface area contributed by atoms with E-state index in [1.165, 1.54) is 0 Å². The summed E-state index contributed by atoms with van der Waals surface area (Å²) in [5.74, 6) is 1.21. The van der Waals surface area contributed by atoms with Gasteiger partial charge in [-0.05, 0) is 18.8 Å². The highest BCUT2D eigenvalue weighted by atomic mass is 16.5. The summed E-state index contributed by atoms with van der Waals surface area (Å²) in [5.41, 5.74) is 0. The minimum absolute atomic E-state index is 0.0429. The fourth-order valence-corrected chi connectivity index (χ4v) is 2.24. The van der Waals surface area contributed by atoms with E-state index in [4.69, 9.17) is 4.74 Å². The number of hydrogen-bond acceptors (Lipinski definition) is 4. The van der Waals surface area contributed by atoms with Gasteiger partial charge in [-0.2, -0.15) is 5.10 Å². The lowest BCUT2D eigenvalue weighted by Gasteiger charge is -2.09. The molecule has 1 aliphatic rings. The van der Waals surface area contributed by atoms with Crippen LogP contribution in [0.25, 0.3) is 0 Å². The maximum Gasteiger partial charge on any atom is 0.242 e. The number of carbonyl (C=O) groups is 1. The molecule has 6 heteroatoms. The van der Waals surface area contributed by atoms with E-state index in [0.717, 1.165) is 19.5 Å². The number of aromatic nitrogens is 2. The molecule has 2 atom stereocenters. The molecule has 0 aliphatic carbocycles. The zero-order valence-corrected chi connectivity index (χ0v) is 12.4. The molecule has 2 rings (SSSR count). The molecule has 2 N–H and O–H groups in total. The molecule has 0 unspecified atom stereocenters. The Kier molecular flexibility index (Phi) is 5.14. The summed E-state index contributed by atoms with van der Waals surface area (Å²) in [6.07, 6.45) is 3.80. The van der Waals surface area contributed by atoms with Crippen LogP contribution in [0.2, 0.25) is 0 Å². The highest BCUT2D eigenvalue weighted by molar-refractivity contribution is 5.94. The number of aryl methyl sites for hydroxylation is 1. The first-order chi connectivity index (χ1) is 9.58. The van der Waals surface area contributed by atoms with Crippen molar-refractivity contribution in [2.24, 2.45) is 5.92 Å². The SMILES string of the molecule is CO[C@@H]1CN[C@@H](C(=O)Nc2ccn(CCC(C)C)n2)C1. The molecule has 0 saturated carbocycles. The quantitative estimate of drug-likeness (QED) is 0.823. The van der Waals surface area contributed by atoms with Gasteiger partial charge >= 0.3 is 0 Å². The van der Waals surface area contributed by atoms with Crippen molar-refractivity contribution >= 4 is 11.7 Å². The maximum atomic E-state index is 12.1. The van der Waals surface area contributed by atoms with Gasteiger partial charge in [-0.3, -0.25) is 9.48 Å². The number of rotatable bonds is 6. The summed E-state index contributed by atoms with van der Waals surface area (Å²) >= 11 is 0. The van der Waals surface area contributed by atoms with Gasteiger partial charge in [-0.25, -0.2) is 0 Å². The van der Waals surface area contributed by atoms with Gasteiger partial charge in [0.1, 0.15) is 0 Å². The molecule has 1 aromatic rings. The molecule has 1 aliphatic heterocycles. The molecular weight excluding hydrogens is 256 g/mol. The smallest absolute Gasteiger partial charge is 0.242 e. The van der Waals surface area contributed by atoms with Crippen molar-refractivity contribution in [2.45, 2.75) is 45.4 Å². The lowest BCUT2D eigenvalue weighted by atomic mass is 10.1. The first-order valence-electron chi connectivity index (χ1n) is 7.19. The van der Waals surface area contributed by atoms with Crippen LogP contribution in [0.4, 0.5) is 5.82 Å². The Morgan fingerprint density at radius 3 is 3.10 bits per heavy atom. The Bertz CT molecular complexity index is 444. The highest BCUT2D eigenvalue weighted by Gasteiger charge is 2.29. The van der Waals surface area contributed by atoms with Crippen LogP contribution in [0.3, 0.4) is 0 Å². The van der Waals surface area contributed by atoms with E-state index in [2.05, 4.69) is 29.6 Å². The average molecular weight is 280 g/mol. The fourth-order valence-electron chi connectivity index (χ4n) is 2.24. The van der Waals surface area contributed by atoms with E-state index in [1.807, 2.05) is 16.9 Å². The van der Waals surface area contributed by atoms with Crippen molar-refractivity contribution in [1.82, 2.24) is 15.1 Å². The van der Waals surface area contributed by atoms with E-state index in [1.54, 1.807) is 7.11 Å². The average Bonchev–Trinajstić information content (AvgIpc) is 3.05. The van der Waals surface area contributed by atoms with Crippen LogP contribution in [0, 0.1) is 5.92 Å². The van der Waals surface area contributed by atoms with Crippen LogP contribution in [0.1, 0.15) is 26.7 Å². The highest BCUT2D eigenvalue weighted by Crippen LogP contribution is 2.12. The maximum absolute atomic E-state index is 12.1. The Morgan fingerprint density at radius 2 is 2.45 bits per heavy atom. The number of methoxy groups -OCH3 is 1. The van der Waals surface area contributed by atoms with Gasteiger partial charge in [-0.1, -0.05) is 13.8 Å².